The quantitative estimate of drug-likeness (QED) is 0.793. The van der Waals surface area contributed by atoms with Crippen LogP contribution in [0.25, 0.3) is 11.3 Å². The van der Waals surface area contributed by atoms with Crippen molar-refractivity contribution in [2.45, 2.75) is 25.4 Å². The highest BCUT2D eigenvalue weighted by molar-refractivity contribution is 5.77. The van der Waals surface area contributed by atoms with Crippen molar-refractivity contribution in [1.29, 1.82) is 0 Å². The van der Waals surface area contributed by atoms with Gasteiger partial charge in [0, 0.05) is 39.8 Å². The second-order valence-electron chi connectivity index (χ2n) is 8.25. The lowest BCUT2D eigenvalue weighted by molar-refractivity contribution is -0.130. The zero-order valence-corrected chi connectivity index (χ0v) is 16.6. The van der Waals surface area contributed by atoms with E-state index in [0.717, 1.165) is 38.4 Å². The van der Waals surface area contributed by atoms with E-state index in [-0.39, 0.29) is 11.7 Å². The molecule has 0 saturated carbocycles. The molecule has 1 aromatic carbocycles. The van der Waals surface area contributed by atoms with Crippen LogP contribution in [0.2, 0.25) is 0 Å². The molecule has 150 valence electrons. The lowest BCUT2D eigenvalue weighted by atomic mass is 9.95. The van der Waals surface area contributed by atoms with Crippen LogP contribution in [-0.2, 0) is 11.3 Å². The number of hydrogen-bond acceptors (Lipinski definition) is 4. The largest absolute Gasteiger partial charge is 0.460 e. The molecule has 5 rings (SSSR count). The number of likely N-dealkylation sites (N-methyl/N-ethyl adjacent to an activating group) is 1. The maximum Gasteiger partial charge on any atom is 0.236 e. The van der Waals surface area contributed by atoms with Gasteiger partial charge < -0.3 is 9.32 Å². The standard InChI is InChI=1S/C22H28FN3O2/c1-24(2)22(27)15-25-11-16-7-8-17(13-25)26(12-16)14-18-9-10-21(28-18)19-5-3-4-6-20(19)23/h3-6,9-10,16-17H,7-8,11-15H2,1-2H3/t16-,17+/m0/s1. The van der Waals surface area contributed by atoms with E-state index in [4.69, 9.17) is 4.42 Å². The number of benzene rings is 1. The fourth-order valence-corrected chi connectivity index (χ4v) is 4.40. The van der Waals surface area contributed by atoms with Crippen molar-refractivity contribution in [3.8, 4) is 11.3 Å². The number of hydrogen-bond donors (Lipinski definition) is 0. The predicted molar refractivity (Wildman–Crippen MR) is 106 cm³/mol. The average molecular weight is 385 g/mol. The molecule has 28 heavy (non-hydrogen) atoms. The van der Waals surface area contributed by atoms with Crippen molar-refractivity contribution >= 4 is 5.91 Å². The van der Waals surface area contributed by atoms with Crippen molar-refractivity contribution in [2.24, 2.45) is 5.92 Å². The number of furan rings is 1. The van der Waals surface area contributed by atoms with Crippen LogP contribution in [-0.4, -0.2) is 66.9 Å². The third-order valence-electron chi connectivity index (χ3n) is 5.92. The van der Waals surface area contributed by atoms with E-state index >= 15 is 0 Å². The van der Waals surface area contributed by atoms with Crippen LogP contribution < -0.4 is 0 Å². The fraction of sp³-hybridized carbons (Fsp3) is 0.500. The summed E-state index contributed by atoms with van der Waals surface area (Å²) in [5, 5.41) is 0. The van der Waals surface area contributed by atoms with Crippen LogP contribution in [0.5, 0.6) is 0 Å². The molecule has 3 saturated heterocycles. The Kier molecular flexibility index (Phi) is 5.51. The first-order valence-corrected chi connectivity index (χ1v) is 10.00. The van der Waals surface area contributed by atoms with Gasteiger partial charge in [-0.05, 0) is 43.0 Å². The Bertz CT molecular complexity index is 835. The summed E-state index contributed by atoms with van der Waals surface area (Å²) in [5.74, 6) is 1.91. The monoisotopic (exact) mass is 385 g/mol. The maximum atomic E-state index is 14.0. The molecule has 3 aliphatic rings. The van der Waals surface area contributed by atoms with Gasteiger partial charge in [0.25, 0.3) is 0 Å². The molecule has 4 heterocycles. The summed E-state index contributed by atoms with van der Waals surface area (Å²) in [6, 6.07) is 10.9. The van der Waals surface area contributed by atoms with Crippen LogP contribution in [0, 0.1) is 11.7 Å². The molecule has 3 fully saturated rings. The maximum absolute atomic E-state index is 14.0. The average Bonchev–Trinajstić information content (AvgIpc) is 2.95. The van der Waals surface area contributed by atoms with E-state index in [1.165, 1.54) is 12.5 Å². The summed E-state index contributed by atoms with van der Waals surface area (Å²) in [7, 11) is 3.62. The van der Waals surface area contributed by atoms with Gasteiger partial charge >= 0.3 is 0 Å². The van der Waals surface area contributed by atoms with E-state index in [2.05, 4.69) is 9.80 Å². The summed E-state index contributed by atoms with van der Waals surface area (Å²) in [4.78, 5) is 18.6. The van der Waals surface area contributed by atoms with Gasteiger partial charge in [0.2, 0.25) is 5.91 Å². The predicted octanol–water partition coefficient (Wildman–Crippen LogP) is 3.07. The first-order valence-electron chi connectivity index (χ1n) is 10.00. The van der Waals surface area contributed by atoms with Crippen LogP contribution >= 0.6 is 0 Å². The smallest absolute Gasteiger partial charge is 0.236 e. The van der Waals surface area contributed by atoms with Gasteiger partial charge in [0.1, 0.15) is 17.3 Å². The van der Waals surface area contributed by atoms with Gasteiger partial charge in [-0.1, -0.05) is 12.1 Å². The number of piperidine rings is 1. The van der Waals surface area contributed by atoms with Gasteiger partial charge in [-0.3, -0.25) is 14.6 Å². The molecule has 0 unspecified atom stereocenters. The number of fused-ring (bicyclic) bond motifs is 4. The molecule has 2 aromatic rings. The van der Waals surface area contributed by atoms with Gasteiger partial charge in [-0.15, -0.1) is 0 Å². The Balaban J connectivity index is 1.43. The van der Waals surface area contributed by atoms with Crippen LogP contribution in [0.4, 0.5) is 4.39 Å². The molecule has 3 aliphatic heterocycles. The van der Waals surface area contributed by atoms with E-state index in [0.29, 0.717) is 29.8 Å². The minimum absolute atomic E-state index is 0.161. The molecular weight excluding hydrogens is 357 g/mol. The Morgan fingerprint density at radius 1 is 1.14 bits per heavy atom. The minimum Gasteiger partial charge on any atom is -0.460 e. The molecule has 0 N–H and O–H groups in total. The minimum atomic E-state index is -0.265. The molecule has 5 nitrogen and oxygen atoms in total. The number of carbonyl (C=O) groups is 1. The highest BCUT2D eigenvalue weighted by Gasteiger charge is 2.35. The Hall–Kier alpha value is -2.18. The van der Waals surface area contributed by atoms with Gasteiger partial charge in [-0.25, -0.2) is 4.39 Å². The molecule has 2 bridgehead atoms. The van der Waals surface area contributed by atoms with Crippen molar-refractivity contribution in [2.75, 3.05) is 40.3 Å². The van der Waals surface area contributed by atoms with Gasteiger partial charge in [0.05, 0.1) is 18.7 Å². The van der Waals surface area contributed by atoms with Crippen LogP contribution in [0.1, 0.15) is 18.6 Å². The van der Waals surface area contributed by atoms with Crippen molar-refractivity contribution < 1.29 is 13.6 Å². The molecule has 0 radical (unpaired) electrons. The number of carbonyl (C=O) groups excluding carboxylic acids is 1. The number of nitrogens with zero attached hydrogens (tertiary/aromatic N) is 3. The Labute approximate surface area is 165 Å². The van der Waals surface area contributed by atoms with Crippen LogP contribution in [0.15, 0.2) is 40.8 Å². The van der Waals surface area contributed by atoms with Crippen molar-refractivity contribution in [1.82, 2.24) is 14.7 Å². The third-order valence-corrected chi connectivity index (χ3v) is 5.92. The highest BCUT2D eigenvalue weighted by Crippen LogP contribution is 2.31. The summed E-state index contributed by atoms with van der Waals surface area (Å²) in [6.07, 6.45) is 2.37. The van der Waals surface area contributed by atoms with Crippen LogP contribution in [0.3, 0.4) is 0 Å². The summed E-state index contributed by atoms with van der Waals surface area (Å²) in [5.41, 5.74) is 0.500. The second kappa shape index (κ2) is 8.05. The lowest BCUT2D eigenvalue weighted by Crippen LogP contribution is -2.44. The van der Waals surface area contributed by atoms with E-state index < -0.39 is 0 Å². The van der Waals surface area contributed by atoms with Crippen molar-refractivity contribution in [3.63, 3.8) is 0 Å². The molecule has 6 heteroatoms. The van der Waals surface area contributed by atoms with E-state index in [9.17, 15) is 9.18 Å². The molecular formula is C22H28FN3O2. The zero-order chi connectivity index (χ0) is 19.7. The first kappa shape index (κ1) is 19.2. The first-order chi connectivity index (χ1) is 13.5. The van der Waals surface area contributed by atoms with E-state index in [1.54, 1.807) is 17.0 Å². The second-order valence-corrected chi connectivity index (χ2v) is 8.25. The Morgan fingerprint density at radius 2 is 1.96 bits per heavy atom. The summed E-state index contributed by atoms with van der Waals surface area (Å²) in [6.45, 7) is 4.13. The van der Waals surface area contributed by atoms with Gasteiger partial charge in [-0.2, -0.15) is 0 Å². The normalized spacial score (nSPS) is 23.0. The molecule has 1 aromatic heterocycles. The fourth-order valence-electron chi connectivity index (χ4n) is 4.40. The zero-order valence-electron chi connectivity index (χ0n) is 16.6. The SMILES string of the molecule is CN(C)C(=O)CN1C[C@@H]2CC[C@H](C1)N(Cc1ccc(-c3ccccc3F)o1)C2. The summed E-state index contributed by atoms with van der Waals surface area (Å²) >= 11 is 0. The molecule has 0 spiro atoms. The molecule has 2 atom stereocenters. The Morgan fingerprint density at radius 3 is 2.75 bits per heavy atom. The van der Waals surface area contributed by atoms with Crippen molar-refractivity contribution in [3.05, 3.63) is 48.0 Å². The molecule has 1 amide bonds. The van der Waals surface area contributed by atoms with E-state index in [1.807, 2.05) is 32.3 Å². The van der Waals surface area contributed by atoms with Gasteiger partial charge in [0.15, 0.2) is 0 Å². The number of amides is 1. The highest BCUT2D eigenvalue weighted by atomic mass is 19.1. The summed E-state index contributed by atoms with van der Waals surface area (Å²) < 4.78 is 20.0. The molecule has 0 aliphatic carbocycles. The number of rotatable bonds is 5. The lowest BCUT2D eigenvalue weighted by Gasteiger charge is -2.35. The number of halogens is 1. The topological polar surface area (TPSA) is 39.9 Å². The third kappa shape index (κ3) is 4.13.